The predicted octanol–water partition coefficient (Wildman–Crippen LogP) is 2.78. The summed E-state index contributed by atoms with van der Waals surface area (Å²) in [4.78, 5) is 21.1. The molecule has 0 aliphatic carbocycles. The molecule has 1 amide bonds. The first-order valence-electron chi connectivity index (χ1n) is 9.64. The number of amides is 1. The van der Waals surface area contributed by atoms with E-state index < -0.39 is 0 Å². The molecule has 6 heteroatoms. The first-order valence-corrected chi connectivity index (χ1v) is 9.64. The molecule has 0 radical (unpaired) electrons. The lowest BCUT2D eigenvalue weighted by molar-refractivity contribution is -0.126. The van der Waals surface area contributed by atoms with Crippen LogP contribution in [0.5, 0.6) is 11.5 Å². The number of rotatable bonds is 4. The Balaban J connectivity index is 1.40. The lowest BCUT2D eigenvalue weighted by Gasteiger charge is -2.34. The van der Waals surface area contributed by atoms with Gasteiger partial charge in [-0.05, 0) is 37.3 Å². The standard InChI is InChI=1S/C22H25N3O3/c1-16-13-18-15-19(27-2)17(14-20(18)28-16)6-7-22(26)25-11-9-24(10-12-25)21-5-3-4-8-23-21/h3-8,14-16H,9-13H2,1-2H3/b7-6+. The van der Waals surface area contributed by atoms with E-state index in [4.69, 9.17) is 9.47 Å². The minimum Gasteiger partial charge on any atom is -0.496 e. The third-order valence-electron chi connectivity index (χ3n) is 5.22. The highest BCUT2D eigenvalue weighted by molar-refractivity contribution is 5.92. The highest BCUT2D eigenvalue weighted by Crippen LogP contribution is 2.35. The maximum atomic E-state index is 12.6. The Kier molecular flexibility index (Phi) is 5.19. The van der Waals surface area contributed by atoms with E-state index in [1.54, 1.807) is 19.4 Å². The van der Waals surface area contributed by atoms with Crippen LogP contribution in [0.3, 0.4) is 0 Å². The Morgan fingerprint density at radius 3 is 2.79 bits per heavy atom. The number of pyridine rings is 1. The largest absolute Gasteiger partial charge is 0.496 e. The first kappa shape index (κ1) is 18.3. The monoisotopic (exact) mass is 379 g/mol. The van der Waals surface area contributed by atoms with Crippen LogP contribution in [-0.4, -0.2) is 55.2 Å². The summed E-state index contributed by atoms with van der Waals surface area (Å²) in [5.74, 6) is 2.62. The maximum absolute atomic E-state index is 12.6. The molecular formula is C22H25N3O3. The molecule has 0 N–H and O–H groups in total. The van der Waals surface area contributed by atoms with Crippen molar-refractivity contribution in [2.45, 2.75) is 19.4 Å². The van der Waals surface area contributed by atoms with Crippen LogP contribution in [0.15, 0.2) is 42.6 Å². The van der Waals surface area contributed by atoms with E-state index >= 15 is 0 Å². The summed E-state index contributed by atoms with van der Waals surface area (Å²) in [7, 11) is 1.65. The van der Waals surface area contributed by atoms with Gasteiger partial charge in [-0.1, -0.05) is 6.07 Å². The zero-order valence-electron chi connectivity index (χ0n) is 16.3. The molecule has 0 bridgehead atoms. The SMILES string of the molecule is COc1cc2c(cc1/C=C/C(=O)N1CCN(c3ccccn3)CC1)OC(C)C2. The van der Waals surface area contributed by atoms with Crippen LogP contribution in [0.25, 0.3) is 6.08 Å². The van der Waals surface area contributed by atoms with Crippen LogP contribution >= 0.6 is 0 Å². The molecule has 0 spiro atoms. The number of hydrogen-bond acceptors (Lipinski definition) is 5. The Bertz CT molecular complexity index is 874. The van der Waals surface area contributed by atoms with Gasteiger partial charge in [0, 0.05) is 56.0 Å². The number of benzene rings is 1. The van der Waals surface area contributed by atoms with Crippen molar-refractivity contribution in [3.63, 3.8) is 0 Å². The van der Waals surface area contributed by atoms with Gasteiger partial charge in [0.25, 0.3) is 0 Å². The average Bonchev–Trinajstić information content (AvgIpc) is 3.10. The minimum atomic E-state index is 0.0116. The van der Waals surface area contributed by atoms with E-state index in [0.29, 0.717) is 13.1 Å². The normalized spacial score (nSPS) is 18.9. The second-order valence-corrected chi connectivity index (χ2v) is 7.17. The zero-order chi connectivity index (χ0) is 19.5. The first-order chi connectivity index (χ1) is 13.6. The number of methoxy groups -OCH3 is 1. The highest BCUT2D eigenvalue weighted by Gasteiger charge is 2.22. The van der Waals surface area contributed by atoms with Crippen LogP contribution < -0.4 is 14.4 Å². The second kappa shape index (κ2) is 7.92. The van der Waals surface area contributed by atoms with Gasteiger partial charge in [0.2, 0.25) is 5.91 Å². The minimum absolute atomic E-state index is 0.0116. The van der Waals surface area contributed by atoms with Gasteiger partial charge in [-0.2, -0.15) is 0 Å². The van der Waals surface area contributed by atoms with Crippen molar-refractivity contribution in [2.24, 2.45) is 0 Å². The highest BCUT2D eigenvalue weighted by atomic mass is 16.5. The zero-order valence-corrected chi connectivity index (χ0v) is 16.3. The number of piperazine rings is 1. The Labute approximate surface area is 165 Å². The number of nitrogens with zero attached hydrogens (tertiary/aromatic N) is 3. The Hall–Kier alpha value is -3.02. The molecule has 1 fully saturated rings. The number of ether oxygens (including phenoxy) is 2. The molecule has 146 valence electrons. The summed E-state index contributed by atoms with van der Waals surface area (Å²) >= 11 is 0. The molecule has 2 aromatic rings. The number of aromatic nitrogens is 1. The number of carbonyl (C=O) groups excluding carboxylic acids is 1. The second-order valence-electron chi connectivity index (χ2n) is 7.17. The number of fused-ring (bicyclic) bond motifs is 1. The van der Waals surface area contributed by atoms with E-state index in [-0.39, 0.29) is 12.0 Å². The van der Waals surface area contributed by atoms with Crippen molar-refractivity contribution in [2.75, 3.05) is 38.2 Å². The maximum Gasteiger partial charge on any atom is 0.246 e. The lowest BCUT2D eigenvalue weighted by atomic mass is 10.1. The van der Waals surface area contributed by atoms with Gasteiger partial charge in [-0.25, -0.2) is 4.98 Å². The summed E-state index contributed by atoms with van der Waals surface area (Å²) in [5, 5.41) is 0. The van der Waals surface area contributed by atoms with Crippen molar-refractivity contribution in [3.8, 4) is 11.5 Å². The summed E-state index contributed by atoms with van der Waals surface area (Å²) in [6, 6.07) is 9.86. The van der Waals surface area contributed by atoms with Gasteiger partial charge in [-0.3, -0.25) is 4.79 Å². The quantitative estimate of drug-likeness (QED) is 0.765. The molecule has 3 heterocycles. The van der Waals surface area contributed by atoms with Crippen LogP contribution in [0.1, 0.15) is 18.1 Å². The summed E-state index contributed by atoms with van der Waals surface area (Å²) in [6.07, 6.45) is 6.30. The number of carbonyl (C=O) groups is 1. The van der Waals surface area contributed by atoms with Gasteiger partial charge >= 0.3 is 0 Å². The molecule has 1 atom stereocenters. The van der Waals surface area contributed by atoms with Crippen molar-refractivity contribution in [1.82, 2.24) is 9.88 Å². The fourth-order valence-electron chi connectivity index (χ4n) is 3.73. The van der Waals surface area contributed by atoms with E-state index in [1.807, 2.05) is 41.3 Å². The fourth-order valence-corrected chi connectivity index (χ4v) is 3.73. The number of anilines is 1. The van der Waals surface area contributed by atoms with Crippen molar-refractivity contribution < 1.29 is 14.3 Å². The molecule has 1 saturated heterocycles. The Morgan fingerprint density at radius 1 is 1.25 bits per heavy atom. The van der Waals surface area contributed by atoms with Crippen molar-refractivity contribution >= 4 is 17.8 Å². The van der Waals surface area contributed by atoms with Crippen molar-refractivity contribution in [1.29, 1.82) is 0 Å². The molecule has 2 aliphatic rings. The van der Waals surface area contributed by atoms with Crippen molar-refractivity contribution in [3.05, 3.63) is 53.7 Å². The van der Waals surface area contributed by atoms with E-state index in [9.17, 15) is 4.79 Å². The van der Waals surface area contributed by atoms with Gasteiger partial charge in [0.1, 0.15) is 23.4 Å². The third-order valence-corrected chi connectivity index (χ3v) is 5.22. The molecule has 1 aromatic heterocycles. The molecule has 1 unspecified atom stereocenters. The van der Waals surface area contributed by atoms with Crippen LogP contribution in [0.2, 0.25) is 0 Å². The molecular weight excluding hydrogens is 354 g/mol. The molecule has 28 heavy (non-hydrogen) atoms. The van der Waals surface area contributed by atoms with Crippen LogP contribution in [0.4, 0.5) is 5.82 Å². The van der Waals surface area contributed by atoms with E-state index in [0.717, 1.165) is 48.0 Å². The molecule has 2 aliphatic heterocycles. The lowest BCUT2D eigenvalue weighted by Crippen LogP contribution is -2.48. The molecule has 0 saturated carbocycles. The predicted molar refractivity (Wildman–Crippen MR) is 109 cm³/mol. The van der Waals surface area contributed by atoms with E-state index in [2.05, 4.69) is 16.8 Å². The van der Waals surface area contributed by atoms with Crippen LogP contribution in [-0.2, 0) is 11.2 Å². The Morgan fingerprint density at radius 2 is 2.07 bits per heavy atom. The van der Waals surface area contributed by atoms with Gasteiger partial charge < -0.3 is 19.3 Å². The topological polar surface area (TPSA) is 54.9 Å². The summed E-state index contributed by atoms with van der Waals surface area (Å²) < 4.78 is 11.3. The number of hydrogen-bond donors (Lipinski definition) is 0. The molecule has 4 rings (SSSR count). The van der Waals surface area contributed by atoms with Crippen LogP contribution in [0, 0.1) is 0 Å². The van der Waals surface area contributed by atoms with Gasteiger partial charge in [0.05, 0.1) is 7.11 Å². The third kappa shape index (κ3) is 3.81. The smallest absolute Gasteiger partial charge is 0.246 e. The van der Waals surface area contributed by atoms with Gasteiger partial charge in [-0.15, -0.1) is 0 Å². The molecule has 1 aromatic carbocycles. The average molecular weight is 379 g/mol. The molecule has 6 nitrogen and oxygen atoms in total. The fraction of sp³-hybridized carbons (Fsp3) is 0.364. The van der Waals surface area contributed by atoms with Gasteiger partial charge in [0.15, 0.2) is 0 Å². The summed E-state index contributed by atoms with van der Waals surface area (Å²) in [6.45, 7) is 4.98. The summed E-state index contributed by atoms with van der Waals surface area (Å²) in [5.41, 5.74) is 2.01. The van der Waals surface area contributed by atoms with E-state index in [1.165, 1.54) is 0 Å².